The zero-order valence-corrected chi connectivity index (χ0v) is 23.7. The van der Waals surface area contributed by atoms with Crippen LogP contribution in [-0.4, -0.2) is 26.6 Å². The van der Waals surface area contributed by atoms with Gasteiger partial charge in [-0.3, -0.25) is 19.3 Å². The molecule has 1 atom stereocenters. The van der Waals surface area contributed by atoms with E-state index in [4.69, 9.17) is 5.73 Å². The number of hydrogen-bond donors (Lipinski definition) is 2. The molecule has 45 heavy (non-hydrogen) atoms. The van der Waals surface area contributed by atoms with E-state index in [0.29, 0.717) is 55.0 Å². The van der Waals surface area contributed by atoms with Crippen LogP contribution in [0.3, 0.4) is 0 Å². The van der Waals surface area contributed by atoms with Crippen molar-refractivity contribution < 1.29 is 35.9 Å². The molecular formula is C32H27F6N5O2. The van der Waals surface area contributed by atoms with Crippen LogP contribution in [0.4, 0.5) is 26.3 Å². The zero-order valence-electron chi connectivity index (χ0n) is 23.7. The van der Waals surface area contributed by atoms with Crippen LogP contribution < -0.4 is 11.1 Å². The van der Waals surface area contributed by atoms with E-state index in [1.54, 1.807) is 12.1 Å². The van der Waals surface area contributed by atoms with Crippen molar-refractivity contribution >= 4 is 11.8 Å². The van der Waals surface area contributed by atoms with Gasteiger partial charge in [0.25, 0.3) is 5.91 Å². The molecule has 3 N–H and O–H groups in total. The monoisotopic (exact) mass is 627 g/mol. The number of aromatic nitrogens is 3. The average Bonchev–Trinajstić information content (AvgIpc) is 3.62. The maximum atomic E-state index is 14.3. The van der Waals surface area contributed by atoms with Gasteiger partial charge in [-0.25, -0.2) is 13.2 Å². The summed E-state index contributed by atoms with van der Waals surface area (Å²) in [6, 6.07) is 8.62. The number of nitrogens with two attached hydrogens (primary N) is 1. The molecule has 7 nitrogen and oxygen atoms in total. The van der Waals surface area contributed by atoms with Crippen LogP contribution in [0.1, 0.15) is 70.3 Å². The van der Waals surface area contributed by atoms with Crippen LogP contribution in [-0.2, 0) is 35.8 Å². The minimum absolute atomic E-state index is 0.164. The minimum Gasteiger partial charge on any atom is -0.366 e. The fraction of sp³-hybridized carbons (Fsp3) is 0.312. The van der Waals surface area contributed by atoms with Crippen LogP contribution in [0.15, 0.2) is 54.7 Å². The number of alkyl halides is 3. The first kappa shape index (κ1) is 30.4. The smallest absolute Gasteiger partial charge is 0.366 e. The number of rotatable bonds is 8. The third kappa shape index (κ3) is 6.03. The van der Waals surface area contributed by atoms with E-state index >= 15 is 0 Å². The molecule has 234 valence electrons. The number of carbonyl (C=O) groups excluding carboxylic acids is 2. The lowest BCUT2D eigenvalue weighted by molar-refractivity contribution is -0.142. The maximum absolute atomic E-state index is 14.3. The Morgan fingerprint density at radius 2 is 1.76 bits per heavy atom. The van der Waals surface area contributed by atoms with Crippen LogP contribution in [0, 0.1) is 17.5 Å². The number of carbonyl (C=O) groups is 2. The Morgan fingerprint density at radius 1 is 1.02 bits per heavy atom. The maximum Gasteiger partial charge on any atom is 0.435 e. The summed E-state index contributed by atoms with van der Waals surface area (Å²) in [4.78, 5) is 29.8. The summed E-state index contributed by atoms with van der Waals surface area (Å²) in [5.41, 5.74) is 5.02. The predicted molar refractivity (Wildman–Crippen MR) is 150 cm³/mol. The molecule has 1 saturated carbocycles. The molecule has 2 aliphatic carbocycles. The molecule has 2 aromatic carbocycles. The Kier molecular flexibility index (Phi) is 7.66. The first-order valence-corrected chi connectivity index (χ1v) is 14.3. The Balaban J connectivity index is 1.37. The topological polar surface area (TPSA) is 103 Å². The Labute approximate surface area is 253 Å². The summed E-state index contributed by atoms with van der Waals surface area (Å²) in [5.74, 6) is -4.25. The molecule has 1 unspecified atom stereocenters. The van der Waals surface area contributed by atoms with Gasteiger partial charge in [0.1, 0.15) is 24.0 Å². The number of halogens is 6. The van der Waals surface area contributed by atoms with Gasteiger partial charge < -0.3 is 11.1 Å². The van der Waals surface area contributed by atoms with Crippen molar-refractivity contribution in [3.05, 3.63) is 106 Å². The molecule has 2 aromatic heterocycles. The molecule has 2 aliphatic rings. The molecule has 1 fully saturated rings. The SMILES string of the molecule is NC(=O)c1cc(-c2cccnc2C(Cc2cc(F)cc(F)c2)NC(=O)Cn2nc(C(F)(F)F)c3c2CCCC32CC2)ccc1F. The van der Waals surface area contributed by atoms with Gasteiger partial charge in [-0.2, -0.15) is 18.3 Å². The minimum atomic E-state index is -4.69. The van der Waals surface area contributed by atoms with Crippen molar-refractivity contribution in [2.45, 2.75) is 62.7 Å². The number of primary amides is 1. The lowest BCUT2D eigenvalue weighted by atomic mass is 9.82. The summed E-state index contributed by atoms with van der Waals surface area (Å²) in [6.45, 7) is -0.535. The largest absolute Gasteiger partial charge is 0.435 e. The molecule has 6 rings (SSSR count). The second-order valence-electron chi connectivity index (χ2n) is 11.6. The summed E-state index contributed by atoms with van der Waals surface area (Å²) in [6.07, 6.45) is -0.516. The van der Waals surface area contributed by atoms with E-state index in [-0.39, 0.29) is 28.8 Å². The molecule has 0 saturated heterocycles. The number of fused-ring (bicyclic) bond motifs is 2. The zero-order chi connectivity index (χ0) is 32.1. The molecule has 13 heteroatoms. The van der Waals surface area contributed by atoms with Crippen molar-refractivity contribution in [1.29, 1.82) is 0 Å². The van der Waals surface area contributed by atoms with E-state index in [1.165, 1.54) is 18.3 Å². The van der Waals surface area contributed by atoms with Gasteiger partial charge in [0.15, 0.2) is 5.69 Å². The highest BCUT2D eigenvalue weighted by Crippen LogP contribution is 2.58. The quantitative estimate of drug-likeness (QED) is 0.236. The average molecular weight is 628 g/mol. The van der Waals surface area contributed by atoms with E-state index in [2.05, 4.69) is 15.4 Å². The van der Waals surface area contributed by atoms with Crippen molar-refractivity contribution in [1.82, 2.24) is 20.1 Å². The molecule has 4 aromatic rings. The standard InChI is InChI=1S/C32H27F6N5O2/c33-19-11-17(12-20(34)15-19)13-24(28-21(3-2-10-40-28)18-5-6-23(35)22(14-18)30(39)45)41-26(44)16-43-25-4-1-7-31(8-9-31)27(25)29(42-43)32(36,37)38/h2-3,5-6,10-12,14-15,24H,1,4,7-9,13,16H2,(H2,39,45)(H,41,44). The number of amides is 2. The van der Waals surface area contributed by atoms with Crippen LogP contribution in [0.2, 0.25) is 0 Å². The van der Waals surface area contributed by atoms with E-state index in [9.17, 15) is 35.9 Å². The third-order valence-electron chi connectivity index (χ3n) is 8.48. The van der Waals surface area contributed by atoms with E-state index in [0.717, 1.165) is 22.9 Å². The van der Waals surface area contributed by atoms with Crippen molar-refractivity contribution in [3.63, 3.8) is 0 Å². The lowest BCUT2D eigenvalue weighted by Crippen LogP contribution is -2.34. The van der Waals surface area contributed by atoms with Crippen molar-refractivity contribution in [2.75, 3.05) is 0 Å². The van der Waals surface area contributed by atoms with Gasteiger partial charge in [0.2, 0.25) is 5.91 Å². The molecule has 2 heterocycles. The molecule has 1 spiro atoms. The first-order chi connectivity index (χ1) is 21.3. The third-order valence-corrected chi connectivity index (χ3v) is 8.48. The van der Waals surface area contributed by atoms with Gasteiger partial charge in [-0.1, -0.05) is 12.1 Å². The number of nitrogens with one attached hydrogen (secondary N) is 1. The van der Waals surface area contributed by atoms with Gasteiger partial charge in [0.05, 0.1) is 17.3 Å². The Bertz CT molecular complexity index is 1790. The molecule has 0 radical (unpaired) electrons. The Morgan fingerprint density at radius 3 is 2.42 bits per heavy atom. The van der Waals surface area contributed by atoms with Gasteiger partial charge >= 0.3 is 6.18 Å². The number of pyridine rings is 1. The fourth-order valence-corrected chi connectivity index (χ4v) is 6.38. The van der Waals surface area contributed by atoms with Gasteiger partial charge in [0, 0.05) is 29.1 Å². The fourth-order valence-electron chi connectivity index (χ4n) is 6.38. The first-order valence-electron chi connectivity index (χ1n) is 14.3. The Hall–Kier alpha value is -4.68. The highest BCUT2D eigenvalue weighted by Gasteiger charge is 2.54. The molecule has 2 amide bonds. The number of benzene rings is 2. The summed E-state index contributed by atoms with van der Waals surface area (Å²) in [5, 5.41) is 6.63. The van der Waals surface area contributed by atoms with Crippen LogP contribution in [0.25, 0.3) is 11.1 Å². The summed E-state index contributed by atoms with van der Waals surface area (Å²) < 4.78 is 85.8. The van der Waals surface area contributed by atoms with Crippen molar-refractivity contribution in [3.8, 4) is 11.1 Å². The second kappa shape index (κ2) is 11.4. The predicted octanol–water partition coefficient (Wildman–Crippen LogP) is 5.95. The molecular weight excluding hydrogens is 600 g/mol. The lowest BCUT2D eigenvalue weighted by Gasteiger charge is -2.24. The van der Waals surface area contributed by atoms with Crippen molar-refractivity contribution in [2.24, 2.45) is 5.73 Å². The number of hydrogen-bond acceptors (Lipinski definition) is 4. The van der Waals surface area contributed by atoms with Crippen LogP contribution >= 0.6 is 0 Å². The van der Waals surface area contributed by atoms with Gasteiger partial charge in [-0.15, -0.1) is 0 Å². The molecule has 0 bridgehead atoms. The number of nitrogens with zero attached hydrogens (tertiary/aromatic N) is 3. The summed E-state index contributed by atoms with van der Waals surface area (Å²) >= 11 is 0. The molecule has 0 aliphatic heterocycles. The van der Waals surface area contributed by atoms with E-state index in [1.807, 2.05) is 0 Å². The second-order valence-corrected chi connectivity index (χ2v) is 11.6. The van der Waals surface area contributed by atoms with Crippen LogP contribution in [0.5, 0.6) is 0 Å². The highest BCUT2D eigenvalue weighted by molar-refractivity contribution is 5.94. The van der Waals surface area contributed by atoms with Gasteiger partial charge in [-0.05, 0) is 85.4 Å². The van der Waals surface area contributed by atoms with E-state index < -0.39 is 59.1 Å². The highest BCUT2D eigenvalue weighted by atomic mass is 19.4. The normalized spacial score (nSPS) is 15.9. The summed E-state index contributed by atoms with van der Waals surface area (Å²) in [7, 11) is 0.